The molecule has 0 radical (unpaired) electrons. The van der Waals surface area contributed by atoms with Gasteiger partial charge in [-0.25, -0.2) is 4.98 Å². The van der Waals surface area contributed by atoms with Crippen LogP contribution in [-0.2, 0) is 13.2 Å². The van der Waals surface area contributed by atoms with Crippen LogP contribution in [0.2, 0.25) is 0 Å². The summed E-state index contributed by atoms with van der Waals surface area (Å²) in [4.78, 5) is 11.2. The second kappa shape index (κ2) is 8.54. The van der Waals surface area contributed by atoms with Gasteiger partial charge in [-0.15, -0.1) is 11.8 Å². The van der Waals surface area contributed by atoms with E-state index < -0.39 is 0 Å². The molecule has 3 aromatic carbocycles. The molecule has 0 atom stereocenters. The summed E-state index contributed by atoms with van der Waals surface area (Å²) < 4.78 is 2.36. The number of hydrogen-bond donors (Lipinski definition) is 0. The number of benzene rings is 3. The number of anilines is 1. The van der Waals surface area contributed by atoms with Gasteiger partial charge in [0.25, 0.3) is 0 Å². The second-order valence-electron chi connectivity index (χ2n) is 7.85. The highest BCUT2D eigenvalue weighted by atomic mass is 32.2. The first-order valence-electron chi connectivity index (χ1n) is 10.4. The van der Waals surface area contributed by atoms with Gasteiger partial charge in [-0.1, -0.05) is 60.2 Å². The Morgan fingerprint density at radius 1 is 0.867 bits per heavy atom. The number of imidazole rings is 1. The van der Waals surface area contributed by atoms with Crippen molar-refractivity contribution in [2.75, 3.05) is 23.9 Å². The molecule has 0 saturated carbocycles. The molecular formula is C25H26N4S. The van der Waals surface area contributed by atoms with Crippen molar-refractivity contribution in [2.24, 2.45) is 0 Å². The molecule has 0 amide bonds. The van der Waals surface area contributed by atoms with E-state index in [0.29, 0.717) is 0 Å². The summed E-state index contributed by atoms with van der Waals surface area (Å²) in [5.41, 5.74) is 4.90. The molecule has 0 aliphatic carbocycles. The Kier molecular flexibility index (Phi) is 5.47. The van der Waals surface area contributed by atoms with Crippen LogP contribution in [0.4, 0.5) is 5.95 Å². The van der Waals surface area contributed by atoms with E-state index in [9.17, 15) is 0 Å². The van der Waals surface area contributed by atoms with Crippen molar-refractivity contribution >= 4 is 28.7 Å². The fraction of sp³-hybridized carbons (Fsp3) is 0.240. The minimum absolute atomic E-state index is 0.867. The average Bonchev–Trinajstić information content (AvgIpc) is 3.15. The van der Waals surface area contributed by atoms with E-state index in [0.717, 1.165) is 43.6 Å². The number of nitrogens with zero attached hydrogens (tertiary/aromatic N) is 4. The first kappa shape index (κ1) is 19.2. The molecular weight excluding hydrogens is 388 g/mol. The first-order valence-corrected chi connectivity index (χ1v) is 11.4. The monoisotopic (exact) mass is 414 g/mol. The van der Waals surface area contributed by atoms with E-state index >= 15 is 0 Å². The smallest absolute Gasteiger partial charge is 0.209 e. The zero-order valence-electron chi connectivity index (χ0n) is 17.2. The Labute approximate surface area is 182 Å². The van der Waals surface area contributed by atoms with Crippen LogP contribution in [0, 0.1) is 6.92 Å². The number of aromatic nitrogens is 2. The first-order chi connectivity index (χ1) is 14.8. The number of para-hydroxylation sites is 2. The van der Waals surface area contributed by atoms with Gasteiger partial charge in [0.1, 0.15) is 0 Å². The predicted molar refractivity (Wildman–Crippen MR) is 126 cm³/mol. The van der Waals surface area contributed by atoms with Crippen molar-refractivity contribution in [1.29, 1.82) is 0 Å². The fourth-order valence-corrected chi connectivity index (χ4v) is 4.90. The highest BCUT2D eigenvalue weighted by Crippen LogP contribution is 2.28. The maximum absolute atomic E-state index is 4.96. The molecule has 0 saturated heterocycles. The summed E-state index contributed by atoms with van der Waals surface area (Å²) in [6, 6.07) is 28.0. The standard InChI is InChI=1S/C25H26N4S/c1-20-11-13-22(14-12-20)30-16-15-27-18-28(17-21-7-3-2-4-8-21)25-26-23-9-5-6-10-24(23)29(25)19-27/h2-14H,15-19H2,1H3. The quantitative estimate of drug-likeness (QED) is 0.396. The fourth-order valence-electron chi connectivity index (χ4n) is 3.99. The van der Waals surface area contributed by atoms with Crippen molar-refractivity contribution in [3.8, 4) is 0 Å². The van der Waals surface area contributed by atoms with E-state index in [1.165, 1.54) is 21.5 Å². The van der Waals surface area contributed by atoms with Crippen LogP contribution >= 0.6 is 11.8 Å². The van der Waals surface area contributed by atoms with Crippen LogP contribution in [0.25, 0.3) is 11.0 Å². The van der Waals surface area contributed by atoms with Gasteiger partial charge >= 0.3 is 0 Å². The number of hydrogen-bond acceptors (Lipinski definition) is 4. The number of fused-ring (bicyclic) bond motifs is 3. The zero-order chi connectivity index (χ0) is 20.3. The SMILES string of the molecule is Cc1ccc(SCCN2CN(Cc3ccccc3)c3nc4ccccc4n3C2)cc1. The van der Waals surface area contributed by atoms with Crippen LogP contribution in [0.15, 0.2) is 83.8 Å². The normalized spacial score (nSPS) is 14.2. The number of rotatable bonds is 6. The van der Waals surface area contributed by atoms with Crippen LogP contribution in [0.3, 0.4) is 0 Å². The van der Waals surface area contributed by atoms with E-state index in [-0.39, 0.29) is 0 Å². The molecule has 0 bridgehead atoms. The van der Waals surface area contributed by atoms with Crippen LogP contribution < -0.4 is 4.90 Å². The summed E-state index contributed by atoms with van der Waals surface area (Å²) >= 11 is 1.93. The molecule has 152 valence electrons. The number of aryl methyl sites for hydroxylation is 1. The Bertz CT molecular complexity index is 1120. The van der Waals surface area contributed by atoms with Gasteiger partial charge in [0.15, 0.2) is 0 Å². The predicted octanol–water partition coefficient (Wildman–Crippen LogP) is 5.37. The maximum atomic E-state index is 4.96. The third-order valence-corrected chi connectivity index (χ3v) is 6.54. The topological polar surface area (TPSA) is 24.3 Å². The van der Waals surface area contributed by atoms with Crippen LogP contribution in [0.1, 0.15) is 11.1 Å². The Morgan fingerprint density at radius 2 is 1.63 bits per heavy atom. The lowest BCUT2D eigenvalue weighted by atomic mass is 10.2. The molecule has 30 heavy (non-hydrogen) atoms. The minimum Gasteiger partial charge on any atom is -0.325 e. The summed E-state index contributed by atoms with van der Waals surface area (Å²) in [7, 11) is 0. The van der Waals surface area contributed by atoms with E-state index in [1.54, 1.807) is 0 Å². The van der Waals surface area contributed by atoms with Gasteiger partial charge in [0, 0.05) is 23.7 Å². The summed E-state index contributed by atoms with van der Waals surface area (Å²) in [5, 5.41) is 0. The maximum Gasteiger partial charge on any atom is 0.209 e. The third-order valence-electron chi connectivity index (χ3n) is 5.54. The minimum atomic E-state index is 0.867. The lowest BCUT2D eigenvalue weighted by Crippen LogP contribution is -2.45. The zero-order valence-corrected chi connectivity index (χ0v) is 18.1. The highest BCUT2D eigenvalue weighted by Gasteiger charge is 2.25. The molecule has 4 aromatic rings. The molecule has 1 aliphatic heterocycles. The van der Waals surface area contributed by atoms with Gasteiger partial charge in [0.05, 0.1) is 24.4 Å². The van der Waals surface area contributed by atoms with Gasteiger partial charge in [-0.05, 0) is 36.8 Å². The van der Waals surface area contributed by atoms with E-state index in [4.69, 9.17) is 4.98 Å². The van der Waals surface area contributed by atoms with Crippen molar-refractivity contribution < 1.29 is 0 Å². The molecule has 0 spiro atoms. The molecule has 1 aliphatic rings. The van der Waals surface area contributed by atoms with Crippen molar-refractivity contribution in [3.05, 3.63) is 90.0 Å². The lowest BCUT2D eigenvalue weighted by molar-refractivity contribution is 0.210. The van der Waals surface area contributed by atoms with Gasteiger partial charge < -0.3 is 4.90 Å². The second-order valence-corrected chi connectivity index (χ2v) is 9.02. The van der Waals surface area contributed by atoms with Crippen molar-refractivity contribution in [3.63, 3.8) is 0 Å². The highest BCUT2D eigenvalue weighted by molar-refractivity contribution is 7.99. The van der Waals surface area contributed by atoms with Crippen molar-refractivity contribution in [2.45, 2.75) is 25.0 Å². The third kappa shape index (κ3) is 4.09. The van der Waals surface area contributed by atoms with Gasteiger partial charge in [0.2, 0.25) is 5.95 Å². The molecule has 5 rings (SSSR count). The largest absolute Gasteiger partial charge is 0.325 e. The Hall–Kier alpha value is -2.76. The average molecular weight is 415 g/mol. The molecule has 5 heteroatoms. The van der Waals surface area contributed by atoms with Crippen molar-refractivity contribution in [1.82, 2.24) is 14.5 Å². The summed E-state index contributed by atoms with van der Waals surface area (Å²) in [6.45, 7) is 5.82. The summed E-state index contributed by atoms with van der Waals surface area (Å²) in [5.74, 6) is 2.15. The molecule has 2 heterocycles. The molecule has 4 nitrogen and oxygen atoms in total. The molecule has 1 aromatic heterocycles. The molecule has 0 N–H and O–H groups in total. The Morgan fingerprint density at radius 3 is 2.47 bits per heavy atom. The Balaban J connectivity index is 1.35. The molecule has 0 unspecified atom stereocenters. The van der Waals surface area contributed by atoms with E-state index in [2.05, 4.69) is 100 Å². The van der Waals surface area contributed by atoms with Gasteiger partial charge in [-0.2, -0.15) is 0 Å². The lowest BCUT2D eigenvalue weighted by Gasteiger charge is -2.37. The number of thioether (sulfide) groups is 1. The van der Waals surface area contributed by atoms with Crippen LogP contribution in [-0.4, -0.2) is 33.4 Å². The van der Waals surface area contributed by atoms with E-state index in [1.807, 2.05) is 11.8 Å². The van der Waals surface area contributed by atoms with Gasteiger partial charge in [-0.3, -0.25) is 9.47 Å². The summed E-state index contributed by atoms with van der Waals surface area (Å²) in [6.07, 6.45) is 0. The molecule has 0 fully saturated rings. The van der Waals surface area contributed by atoms with Crippen LogP contribution in [0.5, 0.6) is 0 Å².